The number of benzene rings is 1. The van der Waals surface area contributed by atoms with Crippen LogP contribution in [-0.4, -0.2) is 6.61 Å². The van der Waals surface area contributed by atoms with Crippen molar-refractivity contribution in [1.29, 1.82) is 0 Å². The van der Waals surface area contributed by atoms with Crippen molar-refractivity contribution in [3.05, 3.63) is 27.7 Å². The van der Waals surface area contributed by atoms with Crippen LogP contribution in [0.15, 0.2) is 16.6 Å². The highest BCUT2D eigenvalue weighted by Gasteiger charge is 2.20. The van der Waals surface area contributed by atoms with Gasteiger partial charge in [0.05, 0.1) is 6.61 Å². The van der Waals surface area contributed by atoms with E-state index >= 15 is 0 Å². The van der Waals surface area contributed by atoms with Crippen molar-refractivity contribution < 1.29 is 4.74 Å². The van der Waals surface area contributed by atoms with Gasteiger partial charge in [0.25, 0.3) is 0 Å². The van der Waals surface area contributed by atoms with E-state index in [4.69, 9.17) is 10.5 Å². The summed E-state index contributed by atoms with van der Waals surface area (Å²) in [4.78, 5) is 0. The first-order valence-corrected chi connectivity index (χ1v) is 5.16. The lowest BCUT2D eigenvalue weighted by atomic mass is 9.97. The van der Waals surface area contributed by atoms with E-state index < -0.39 is 0 Å². The molecule has 0 bridgehead atoms. The molecule has 0 unspecified atom stereocenters. The highest BCUT2D eigenvalue weighted by atomic mass is 79.9. The van der Waals surface area contributed by atoms with Gasteiger partial charge in [0.15, 0.2) is 0 Å². The van der Waals surface area contributed by atoms with Crippen molar-refractivity contribution in [3.63, 3.8) is 0 Å². The molecule has 3 heteroatoms. The maximum atomic E-state index is 6.00. The van der Waals surface area contributed by atoms with E-state index in [2.05, 4.69) is 28.9 Å². The second kappa shape index (κ2) is 3.31. The summed E-state index contributed by atoms with van der Waals surface area (Å²) in [7, 11) is 0. The standard InChI is InChI=1S/C10H12BrNO/c1-6-4-7(11)5-9-10(6)8(12)2-3-13-9/h4-5,8H,2-3,12H2,1H3/t8-/m0/s1. The average molecular weight is 242 g/mol. The summed E-state index contributed by atoms with van der Waals surface area (Å²) in [5, 5.41) is 0. The van der Waals surface area contributed by atoms with Crippen LogP contribution in [0.25, 0.3) is 0 Å². The number of halogens is 1. The molecule has 0 saturated carbocycles. The van der Waals surface area contributed by atoms with Gasteiger partial charge in [-0.1, -0.05) is 15.9 Å². The normalized spacial score (nSPS) is 20.7. The minimum Gasteiger partial charge on any atom is -0.493 e. The van der Waals surface area contributed by atoms with E-state index in [1.807, 2.05) is 6.07 Å². The number of nitrogens with two attached hydrogens (primary N) is 1. The molecular formula is C10H12BrNO. The van der Waals surface area contributed by atoms with Gasteiger partial charge in [0, 0.05) is 22.5 Å². The smallest absolute Gasteiger partial charge is 0.125 e. The first-order chi connectivity index (χ1) is 6.18. The number of rotatable bonds is 0. The van der Waals surface area contributed by atoms with Crippen LogP contribution in [0.5, 0.6) is 5.75 Å². The molecule has 0 amide bonds. The number of fused-ring (bicyclic) bond motifs is 1. The summed E-state index contributed by atoms with van der Waals surface area (Å²) in [5.41, 5.74) is 8.37. The van der Waals surface area contributed by atoms with Gasteiger partial charge in [-0.25, -0.2) is 0 Å². The first kappa shape index (κ1) is 9.03. The lowest BCUT2D eigenvalue weighted by Crippen LogP contribution is -2.21. The molecule has 70 valence electrons. The largest absolute Gasteiger partial charge is 0.493 e. The molecule has 0 radical (unpaired) electrons. The highest BCUT2D eigenvalue weighted by Crippen LogP contribution is 2.35. The van der Waals surface area contributed by atoms with E-state index in [0.29, 0.717) is 0 Å². The van der Waals surface area contributed by atoms with Gasteiger partial charge in [-0.3, -0.25) is 0 Å². The molecule has 0 saturated heterocycles. The molecule has 1 aromatic rings. The fraction of sp³-hybridized carbons (Fsp3) is 0.400. The SMILES string of the molecule is Cc1cc(Br)cc2c1[C@@H](N)CCO2. The Morgan fingerprint density at radius 2 is 2.31 bits per heavy atom. The van der Waals surface area contributed by atoms with Crippen molar-refractivity contribution in [2.24, 2.45) is 5.73 Å². The molecule has 1 aliphatic heterocycles. The van der Waals surface area contributed by atoms with E-state index in [9.17, 15) is 0 Å². The van der Waals surface area contributed by atoms with Crippen molar-refractivity contribution in [2.45, 2.75) is 19.4 Å². The van der Waals surface area contributed by atoms with Crippen LogP contribution < -0.4 is 10.5 Å². The molecule has 2 nitrogen and oxygen atoms in total. The van der Waals surface area contributed by atoms with Crippen molar-refractivity contribution in [2.75, 3.05) is 6.61 Å². The summed E-state index contributed by atoms with van der Waals surface area (Å²) < 4.78 is 6.60. The number of aryl methyl sites for hydroxylation is 1. The molecule has 1 aromatic carbocycles. The fourth-order valence-corrected chi connectivity index (χ4v) is 2.31. The van der Waals surface area contributed by atoms with E-state index in [-0.39, 0.29) is 6.04 Å². The summed E-state index contributed by atoms with van der Waals surface area (Å²) >= 11 is 3.44. The van der Waals surface area contributed by atoms with Crippen molar-refractivity contribution in [1.82, 2.24) is 0 Å². The Hall–Kier alpha value is -0.540. The predicted molar refractivity (Wildman–Crippen MR) is 55.9 cm³/mol. The van der Waals surface area contributed by atoms with E-state index in [1.54, 1.807) is 0 Å². The van der Waals surface area contributed by atoms with Crippen LogP contribution in [0.3, 0.4) is 0 Å². The van der Waals surface area contributed by atoms with Gasteiger partial charge in [0.1, 0.15) is 5.75 Å². The monoisotopic (exact) mass is 241 g/mol. The van der Waals surface area contributed by atoms with Crippen molar-refractivity contribution in [3.8, 4) is 5.75 Å². The molecule has 0 fully saturated rings. The zero-order valence-electron chi connectivity index (χ0n) is 7.51. The summed E-state index contributed by atoms with van der Waals surface area (Å²) in [6.45, 7) is 2.79. The second-order valence-corrected chi connectivity index (χ2v) is 4.29. The second-order valence-electron chi connectivity index (χ2n) is 3.38. The molecule has 0 aliphatic carbocycles. The third-order valence-corrected chi connectivity index (χ3v) is 2.83. The average Bonchev–Trinajstić information content (AvgIpc) is 2.02. The maximum Gasteiger partial charge on any atom is 0.125 e. The Balaban J connectivity index is 2.56. The molecule has 1 aliphatic rings. The minimum atomic E-state index is 0.136. The quantitative estimate of drug-likeness (QED) is 0.758. The summed E-state index contributed by atoms with van der Waals surface area (Å²) in [5.74, 6) is 0.936. The lowest BCUT2D eigenvalue weighted by molar-refractivity contribution is 0.268. The Morgan fingerprint density at radius 3 is 3.08 bits per heavy atom. The third-order valence-electron chi connectivity index (χ3n) is 2.37. The Kier molecular flexibility index (Phi) is 2.30. The van der Waals surface area contributed by atoms with Crippen LogP contribution in [0.4, 0.5) is 0 Å². The van der Waals surface area contributed by atoms with Gasteiger partial charge in [-0.05, 0) is 24.6 Å². The molecule has 2 N–H and O–H groups in total. The Bertz CT molecular complexity index is 338. The summed E-state index contributed by atoms with van der Waals surface area (Å²) in [6, 6.07) is 4.20. The van der Waals surface area contributed by atoms with Crippen LogP contribution in [0.2, 0.25) is 0 Å². The number of ether oxygens (including phenoxy) is 1. The molecular weight excluding hydrogens is 230 g/mol. The molecule has 1 heterocycles. The Labute approximate surface area is 86.2 Å². The molecule has 2 rings (SSSR count). The third kappa shape index (κ3) is 1.58. The van der Waals surface area contributed by atoms with Crippen LogP contribution in [0.1, 0.15) is 23.6 Å². The van der Waals surface area contributed by atoms with Crippen LogP contribution in [0, 0.1) is 6.92 Å². The van der Waals surface area contributed by atoms with Gasteiger partial charge < -0.3 is 10.5 Å². The first-order valence-electron chi connectivity index (χ1n) is 4.37. The van der Waals surface area contributed by atoms with Crippen LogP contribution in [-0.2, 0) is 0 Å². The molecule has 0 aromatic heterocycles. The number of hydrogen-bond acceptors (Lipinski definition) is 2. The number of hydrogen-bond donors (Lipinski definition) is 1. The van der Waals surface area contributed by atoms with Gasteiger partial charge in [-0.2, -0.15) is 0 Å². The minimum absolute atomic E-state index is 0.136. The predicted octanol–water partition coefficient (Wildman–Crippen LogP) is 2.54. The topological polar surface area (TPSA) is 35.2 Å². The maximum absolute atomic E-state index is 6.00. The molecule has 1 atom stereocenters. The van der Waals surface area contributed by atoms with Crippen molar-refractivity contribution >= 4 is 15.9 Å². The molecule has 13 heavy (non-hydrogen) atoms. The fourth-order valence-electron chi connectivity index (χ4n) is 1.76. The summed E-state index contributed by atoms with van der Waals surface area (Å²) in [6.07, 6.45) is 0.912. The van der Waals surface area contributed by atoms with Gasteiger partial charge in [0.2, 0.25) is 0 Å². The highest BCUT2D eigenvalue weighted by molar-refractivity contribution is 9.10. The van der Waals surface area contributed by atoms with Crippen LogP contribution >= 0.6 is 15.9 Å². The Morgan fingerprint density at radius 1 is 1.54 bits per heavy atom. The molecule has 0 spiro atoms. The van der Waals surface area contributed by atoms with E-state index in [0.717, 1.165) is 28.8 Å². The van der Waals surface area contributed by atoms with E-state index in [1.165, 1.54) is 5.56 Å². The zero-order chi connectivity index (χ0) is 9.42. The van der Waals surface area contributed by atoms with Gasteiger partial charge >= 0.3 is 0 Å². The van der Waals surface area contributed by atoms with Gasteiger partial charge in [-0.15, -0.1) is 0 Å². The zero-order valence-corrected chi connectivity index (χ0v) is 9.10. The lowest BCUT2D eigenvalue weighted by Gasteiger charge is -2.24.